The fourth-order valence-electron chi connectivity index (χ4n) is 2.08. The van der Waals surface area contributed by atoms with Gasteiger partial charge in [-0.1, -0.05) is 46.9 Å². The molecule has 7 heteroatoms. The lowest BCUT2D eigenvalue weighted by Gasteiger charge is -2.14. The third-order valence-electron chi connectivity index (χ3n) is 3.18. The lowest BCUT2D eigenvalue weighted by molar-refractivity contribution is -0.113. The van der Waals surface area contributed by atoms with Gasteiger partial charge in [-0.25, -0.2) is 0 Å². The number of benzene rings is 2. The summed E-state index contributed by atoms with van der Waals surface area (Å²) >= 11 is 19.1. The summed E-state index contributed by atoms with van der Waals surface area (Å²) in [6, 6.07) is 12.0. The van der Waals surface area contributed by atoms with Crippen LogP contribution in [0.3, 0.4) is 0 Å². The van der Waals surface area contributed by atoms with E-state index in [0.29, 0.717) is 31.2 Å². The molecule has 116 valence electrons. The van der Waals surface area contributed by atoms with E-state index in [-0.39, 0.29) is 11.1 Å². The maximum Gasteiger partial charge on any atom is 0.271 e. The van der Waals surface area contributed by atoms with E-state index in [2.05, 4.69) is 0 Å². The van der Waals surface area contributed by atoms with Gasteiger partial charge < -0.3 is 0 Å². The van der Waals surface area contributed by atoms with E-state index >= 15 is 0 Å². The SMILES string of the molecule is N=C1S/C(=C\c2cccc(Cl)c2Cl)C(=O)N1c1ccc(Cl)cc1. The van der Waals surface area contributed by atoms with Crippen LogP contribution in [0.1, 0.15) is 5.56 Å². The lowest BCUT2D eigenvalue weighted by Crippen LogP contribution is -2.27. The molecule has 1 saturated heterocycles. The summed E-state index contributed by atoms with van der Waals surface area (Å²) in [6.07, 6.45) is 1.64. The zero-order valence-corrected chi connectivity index (χ0v) is 14.6. The Morgan fingerprint density at radius 3 is 2.43 bits per heavy atom. The van der Waals surface area contributed by atoms with Crippen molar-refractivity contribution in [3.8, 4) is 0 Å². The van der Waals surface area contributed by atoms with Crippen molar-refractivity contribution in [3.63, 3.8) is 0 Å². The molecule has 0 unspecified atom stereocenters. The first-order valence-electron chi connectivity index (χ1n) is 6.49. The smallest absolute Gasteiger partial charge is 0.271 e. The maximum absolute atomic E-state index is 12.6. The molecule has 0 spiro atoms. The van der Waals surface area contributed by atoms with Gasteiger partial charge in [0.15, 0.2) is 5.17 Å². The monoisotopic (exact) mass is 382 g/mol. The van der Waals surface area contributed by atoms with Crippen molar-refractivity contribution in [2.75, 3.05) is 4.90 Å². The number of carbonyl (C=O) groups is 1. The highest BCUT2D eigenvalue weighted by Gasteiger charge is 2.33. The minimum Gasteiger partial charge on any atom is -0.278 e. The topological polar surface area (TPSA) is 44.2 Å². The van der Waals surface area contributed by atoms with Crippen LogP contribution in [-0.2, 0) is 4.79 Å². The number of hydrogen-bond donors (Lipinski definition) is 1. The molecule has 1 fully saturated rings. The van der Waals surface area contributed by atoms with E-state index in [0.717, 1.165) is 11.8 Å². The van der Waals surface area contributed by atoms with Gasteiger partial charge >= 0.3 is 0 Å². The number of carbonyl (C=O) groups excluding carboxylic acids is 1. The average molecular weight is 384 g/mol. The zero-order chi connectivity index (χ0) is 16.6. The first-order valence-corrected chi connectivity index (χ1v) is 8.44. The summed E-state index contributed by atoms with van der Waals surface area (Å²) in [6.45, 7) is 0. The highest BCUT2D eigenvalue weighted by atomic mass is 35.5. The van der Waals surface area contributed by atoms with Crippen molar-refractivity contribution in [2.24, 2.45) is 0 Å². The van der Waals surface area contributed by atoms with Crippen LogP contribution in [0.5, 0.6) is 0 Å². The molecule has 0 aliphatic carbocycles. The fraction of sp³-hybridized carbons (Fsp3) is 0. The molecular formula is C16H9Cl3N2OS. The summed E-state index contributed by atoms with van der Waals surface area (Å²) in [4.78, 5) is 14.3. The molecule has 2 aromatic rings. The van der Waals surface area contributed by atoms with Crippen LogP contribution in [0.15, 0.2) is 47.4 Å². The number of amidine groups is 1. The maximum atomic E-state index is 12.6. The van der Waals surface area contributed by atoms with E-state index in [1.165, 1.54) is 4.90 Å². The van der Waals surface area contributed by atoms with Crippen LogP contribution in [0.2, 0.25) is 15.1 Å². The third-order valence-corrected chi connectivity index (χ3v) is 5.15. The van der Waals surface area contributed by atoms with Gasteiger partial charge in [0.2, 0.25) is 0 Å². The summed E-state index contributed by atoms with van der Waals surface area (Å²) < 4.78 is 0. The molecule has 0 bridgehead atoms. The zero-order valence-electron chi connectivity index (χ0n) is 11.5. The average Bonchev–Trinajstić information content (AvgIpc) is 2.79. The van der Waals surface area contributed by atoms with Crippen molar-refractivity contribution in [3.05, 3.63) is 68.0 Å². The number of thioether (sulfide) groups is 1. The molecule has 1 amide bonds. The van der Waals surface area contributed by atoms with Crippen LogP contribution in [0.4, 0.5) is 5.69 Å². The Bertz CT molecular complexity index is 834. The van der Waals surface area contributed by atoms with Crippen molar-refractivity contribution in [1.29, 1.82) is 5.41 Å². The molecule has 3 rings (SSSR count). The van der Waals surface area contributed by atoms with Gasteiger partial charge in [-0.2, -0.15) is 0 Å². The predicted octanol–water partition coefficient (Wildman–Crippen LogP) is 5.70. The Morgan fingerprint density at radius 2 is 1.74 bits per heavy atom. The Morgan fingerprint density at radius 1 is 1.04 bits per heavy atom. The van der Waals surface area contributed by atoms with Crippen LogP contribution < -0.4 is 4.90 Å². The number of amides is 1. The molecule has 1 aliphatic heterocycles. The number of hydrogen-bond acceptors (Lipinski definition) is 3. The lowest BCUT2D eigenvalue weighted by atomic mass is 10.2. The highest BCUT2D eigenvalue weighted by molar-refractivity contribution is 8.19. The second-order valence-corrected chi connectivity index (χ2v) is 6.93. The van der Waals surface area contributed by atoms with Crippen molar-refractivity contribution < 1.29 is 4.79 Å². The summed E-state index contributed by atoms with van der Waals surface area (Å²) in [7, 11) is 0. The molecule has 3 nitrogen and oxygen atoms in total. The van der Waals surface area contributed by atoms with E-state index in [1.807, 2.05) is 0 Å². The van der Waals surface area contributed by atoms with Crippen molar-refractivity contribution in [1.82, 2.24) is 0 Å². The largest absolute Gasteiger partial charge is 0.278 e. The van der Waals surface area contributed by atoms with E-state index < -0.39 is 0 Å². The second kappa shape index (κ2) is 6.57. The van der Waals surface area contributed by atoms with Crippen LogP contribution >= 0.6 is 46.6 Å². The molecule has 0 aromatic heterocycles. The number of nitrogens with one attached hydrogen (secondary N) is 1. The van der Waals surface area contributed by atoms with Crippen molar-refractivity contribution in [2.45, 2.75) is 0 Å². The van der Waals surface area contributed by atoms with Crippen LogP contribution in [0.25, 0.3) is 6.08 Å². The third kappa shape index (κ3) is 3.26. The van der Waals surface area contributed by atoms with Crippen LogP contribution in [0, 0.1) is 5.41 Å². The van der Waals surface area contributed by atoms with Gasteiger partial charge in [-0.15, -0.1) is 0 Å². The van der Waals surface area contributed by atoms with Gasteiger partial charge in [0.1, 0.15) is 0 Å². The Hall–Kier alpha value is -1.46. The first kappa shape index (κ1) is 16.4. The predicted molar refractivity (Wildman–Crippen MR) is 98.7 cm³/mol. The molecule has 0 saturated carbocycles. The molecule has 1 heterocycles. The van der Waals surface area contributed by atoms with Gasteiger partial charge in [0, 0.05) is 5.02 Å². The second-order valence-electron chi connectivity index (χ2n) is 4.68. The number of rotatable bonds is 2. The highest BCUT2D eigenvalue weighted by Crippen LogP contribution is 2.37. The van der Waals surface area contributed by atoms with Gasteiger partial charge in [0.05, 0.1) is 20.6 Å². The summed E-state index contributed by atoms with van der Waals surface area (Å²) in [5.41, 5.74) is 1.23. The van der Waals surface area contributed by atoms with E-state index in [1.54, 1.807) is 48.5 Å². The first-order chi connectivity index (χ1) is 11.0. The number of anilines is 1. The fourth-order valence-corrected chi connectivity index (χ4v) is 3.43. The summed E-state index contributed by atoms with van der Waals surface area (Å²) in [5.74, 6) is -0.279. The molecule has 23 heavy (non-hydrogen) atoms. The minimum atomic E-state index is -0.279. The van der Waals surface area contributed by atoms with Gasteiger partial charge in [-0.3, -0.25) is 15.1 Å². The molecule has 0 radical (unpaired) electrons. The van der Waals surface area contributed by atoms with E-state index in [4.69, 9.17) is 40.2 Å². The Labute approximate surface area is 152 Å². The standard InChI is InChI=1S/C16H9Cl3N2OS/c17-10-4-6-11(7-5-10)21-15(22)13(23-16(21)20)8-9-2-1-3-12(18)14(9)19/h1-8,20H/b13-8-,20-16?. The van der Waals surface area contributed by atoms with Gasteiger partial charge in [0.25, 0.3) is 5.91 Å². The normalized spacial score (nSPS) is 16.5. The minimum absolute atomic E-state index is 0.127. The Balaban J connectivity index is 1.96. The van der Waals surface area contributed by atoms with Crippen LogP contribution in [-0.4, -0.2) is 11.1 Å². The van der Waals surface area contributed by atoms with E-state index in [9.17, 15) is 4.79 Å². The van der Waals surface area contributed by atoms with Crippen molar-refractivity contribution >= 4 is 69.4 Å². The molecule has 1 N–H and O–H groups in total. The summed E-state index contributed by atoms with van der Waals surface area (Å²) in [5, 5.41) is 9.55. The molecular weight excluding hydrogens is 375 g/mol. The number of halogens is 3. The molecule has 1 aliphatic rings. The molecule has 0 atom stereocenters. The Kier molecular flexibility index (Phi) is 4.69. The molecule has 2 aromatic carbocycles. The number of nitrogens with zero attached hydrogens (tertiary/aromatic N) is 1. The quantitative estimate of drug-likeness (QED) is 0.676. The van der Waals surface area contributed by atoms with Gasteiger partial charge in [-0.05, 0) is 53.7 Å².